The molecule has 0 saturated heterocycles. The number of para-hydroxylation sites is 2. The topological polar surface area (TPSA) is 968 Å². The number of aliphatic hydroxyl groups is 2. The molecule has 11 heterocycles. The molecule has 0 aliphatic heterocycles. The SMILES string of the molecule is NCc1nn[nH]n1.O=C(O)CC(C(=O)O)c1nn[nH]n1.O=C(O)CC(O)c1nn[nH]n1.O=C(O)Cc1nn[nH]n1.O=C(O)c1cc2n[nH]nc2cc1C(=O)O.O=C(O)c1ccc2n[nH]nc2c1.O=S(=O)(O)Cc1nn[nH]n1.OCc1nn[nH]n1.OOOSc1ccc2n[nH]nc2c1.c1ccc2n[nH]nc2c1.c1nn[nH]n1. The molecule has 2 atom stereocenters. The number of aliphatic hydroxyl groups excluding tert-OH is 2. The number of H-pyrrole nitrogens is 11. The summed E-state index contributed by atoms with van der Waals surface area (Å²) in [6, 6.07) is 19.9. The van der Waals surface area contributed by atoms with E-state index >= 15 is 0 Å². The highest BCUT2D eigenvalue weighted by atomic mass is 32.2. The number of hydrogen-bond donors (Lipinski definition) is 23. The predicted molar refractivity (Wildman–Crippen MR) is 347 cm³/mol. The molecule has 0 spiro atoms. The van der Waals surface area contributed by atoms with Gasteiger partial charge >= 0.3 is 41.8 Å². The number of carboxylic acid groups (broad SMARTS) is 7. The molecule has 584 valence electrons. The van der Waals surface area contributed by atoms with E-state index in [1.807, 2.05) is 24.3 Å². The normalized spacial score (nSPS) is 10.7. The first kappa shape index (κ1) is 85.9. The van der Waals surface area contributed by atoms with E-state index in [1.54, 1.807) is 24.3 Å². The Morgan fingerprint density at radius 2 is 0.901 bits per heavy atom. The molecule has 65 heteroatoms. The lowest BCUT2D eigenvalue weighted by Crippen LogP contribution is -2.17. The summed E-state index contributed by atoms with van der Waals surface area (Å²) >= 11 is 0.885. The molecule has 0 radical (unpaired) electrons. The Hall–Kier alpha value is -15.7. The van der Waals surface area contributed by atoms with Gasteiger partial charge in [-0.2, -0.15) is 107 Å². The Morgan fingerprint density at radius 3 is 1.27 bits per heavy atom. The van der Waals surface area contributed by atoms with E-state index in [9.17, 15) is 42.0 Å². The fourth-order valence-corrected chi connectivity index (χ4v) is 7.56. The van der Waals surface area contributed by atoms with Gasteiger partial charge in [0.2, 0.25) is 5.82 Å². The quantitative estimate of drug-likeness (QED) is 0.0156. The van der Waals surface area contributed by atoms with Crippen LogP contribution in [0.15, 0.2) is 84.0 Å². The lowest BCUT2D eigenvalue weighted by Gasteiger charge is -2.02. The molecule has 11 aromatic heterocycles. The molecule has 111 heavy (non-hydrogen) atoms. The van der Waals surface area contributed by atoms with Gasteiger partial charge < -0.3 is 51.7 Å². The maximum Gasteiger partial charge on any atom is 0.336 e. The van der Waals surface area contributed by atoms with Crippen LogP contribution in [0.4, 0.5) is 0 Å². The second-order valence-electron chi connectivity index (χ2n) is 18.8. The number of carboxylic acids is 7. The molecule has 63 nitrogen and oxygen atoms in total. The number of benzene rings is 4. The number of carbonyl (C=O) groups is 7. The third-order valence-corrected chi connectivity index (χ3v) is 12.5. The first-order valence-electron chi connectivity index (χ1n) is 28.7. The highest BCUT2D eigenvalue weighted by Gasteiger charge is 2.27. The Labute approximate surface area is 610 Å². The number of aromatic nitrogens is 40. The molecule has 24 N–H and O–H groups in total. The molecular weight excluding hydrogens is 1540 g/mol. The van der Waals surface area contributed by atoms with E-state index in [4.69, 9.17) is 61.5 Å². The minimum absolute atomic E-state index is 0.00704. The maximum absolute atomic E-state index is 10.8. The molecule has 4 aromatic carbocycles. The number of nitrogens with one attached hydrogen (secondary N) is 11. The van der Waals surface area contributed by atoms with Gasteiger partial charge in [0, 0.05) is 4.90 Å². The van der Waals surface area contributed by atoms with Gasteiger partial charge in [-0.1, -0.05) is 53.7 Å². The number of hydrogen-bond acceptors (Lipinski definition) is 45. The number of aromatic carboxylic acids is 3. The van der Waals surface area contributed by atoms with Crippen molar-refractivity contribution < 1.29 is 107 Å². The molecule has 0 saturated carbocycles. The monoisotopic (exact) mass is 1590 g/mol. The van der Waals surface area contributed by atoms with Gasteiger partial charge in [-0.15, -0.1) is 75.7 Å². The number of fused-ring (bicyclic) bond motifs is 4. The van der Waals surface area contributed by atoms with Gasteiger partial charge in [0.25, 0.3) is 10.1 Å². The van der Waals surface area contributed by atoms with Gasteiger partial charge in [-0.3, -0.25) is 23.7 Å². The largest absolute Gasteiger partial charge is 0.481 e. The van der Waals surface area contributed by atoms with Crippen molar-refractivity contribution in [1.82, 2.24) is 206 Å². The highest BCUT2D eigenvalue weighted by Crippen LogP contribution is 2.22. The van der Waals surface area contributed by atoms with Crippen LogP contribution in [0.25, 0.3) is 44.1 Å². The van der Waals surface area contributed by atoms with Crippen molar-refractivity contribution in [2.75, 3.05) is 0 Å². The van der Waals surface area contributed by atoms with Crippen LogP contribution in [-0.2, 0) is 64.0 Å². The van der Waals surface area contributed by atoms with E-state index in [2.05, 4.69) is 215 Å². The predicted octanol–water partition coefficient (Wildman–Crippen LogP) is -5.13. The summed E-state index contributed by atoms with van der Waals surface area (Å²) in [6.07, 6.45) is -1.02. The van der Waals surface area contributed by atoms with Crippen LogP contribution in [0, 0.1) is 0 Å². The maximum atomic E-state index is 10.8. The second-order valence-corrected chi connectivity index (χ2v) is 21.1. The zero-order valence-electron chi connectivity index (χ0n) is 54.7. The molecule has 0 bridgehead atoms. The molecule has 2 unspecified atom stereocenters. The summed E-state index contributed by atoms with van der Waals surface area (Å²) in [4.78, 5) is 73.6. The lowest BCUT2D eigenvalue weighted by molar-refractivity contribution is -0.432. The average Bonchev–Trinajstić information content (AvgIpc) is 1.74. The van der Waals surface area contributed by atoms with E-state index in [0.717, 1.165) is 39.0 Å². The summed E-state index contributed by atoms with van der Waals surface area (Å²) in [6.45, 7) is 0.187. The van der Waals surface area contributed by atoms with Gasteiger partial charge in [-0.25, -0.2) is 19.6 Å². The van der Waals surface area contributed by atoms with Gasteiger partial charge in [0.15, 0.2) is 35.4 Å². The Balaban J connectivity index is 0.000000221. The first-order chi connectivity index (χ1) is 53.3. The first-order valence-corrected chi connectivity index (χ1v) is 31.0. The number of nitrogens with zero attached hydrogens (tertiary/aromatic N) is 29. The average molecular weight is 1590 g/mol. The summed E-state index contributed by atoms with van der Waals surface area (Å²) in [5, 5.41) is 213. The zero-order valence-corrected chi connectivity index (χ0v) is 56.3. The molecular formula is C46H51N41O22S2. The fourth-order valence-electron chi connectivity index (χ4n) is 6.72. The minimum Gasteiger partial charge on any atom is -0.481 e. The summed E-state index contributed by atoms with van der Waals surface area (Å²) in [7, 11) is -4.03. The molecule has 15 aromatic rings. The van der Waals surface area contributed by atoms with Crippen LogP contribution in [0.2, 0.25) is 0 Å². The number of nitrogens with two attached hydrogens (primary N) is 1. The molecule has 0 amide bonds. The standard InChI is InChI=1S/C8H5N3O4.C7H5N3O2.C6H5N3O3S.C6H5N3.C5H6N4O4.C4H6N4O3.C3H4N4O2.C2H5N5.C2H4N4O3S.C2H4N4O.CH2N4/c12-7(13)3-1-5-6(10-11-9-5)2-4(3)8(14)15;11-7(12)4-1-2-5-6(3-4)9-10-8-5;10-11-12-13-4-1-2-5-6(3-4)8-9-7-5;1-2-4-6-5(3-1)7-9-8-6;10-3(11)1-2(5(12)13)4-6-8-9-7-4;9-2(1-3(10)11)4-5-7-8-6-4;8-3(9)1-2-4-6-7-5-2;3-1-2-4-6-7-5-2;7-10(8,9)1-2-3-5-6-4-2;7-1-2-3-5-6-4-2;1-2-4-5-3-1/h1-2H,(H,12,13)(H,14,15)(H,9,10,11);1-3H,(H,11,12)(H,8,9,10);1-3,10H,(H,7,8,9);1-4H,(H,7,8,9);2H,1H2,(H,10,11)(H,12,13)(H,6,7,8,9);2,9H,1H2,(H,10,11)(H,5,6,7,8);1H2,(H,8,9)(H,4,5,6,7);1,3H2,(H,4,5,6,7);1H2,(H,7,8,9)(H,3,4,5,6);7H,1H2,(H,3,4,5,6);1H,(H,2,3,4,5). The number of tetrazole rings is 7. The van der Waals surface area contributed by atoms with Crippen LogP contribution in [-0.4, -0.2) is 312 Å². The summed E-state index contributed by atoms with van der Waals surface area (Å²) in [5.74, 6) is -9.15. The van der Waals surface area contributed by atoms with Gasteiger partial charge in [-0.05, 0) is 60.7 Å². The van der Waals surface area contributed by atoms with E-state index in [0.29, 0.717) is 40.3 Å². The van der Waals surface area contributed by atoms with E-state index in [1.165, 1.54) is 30.6 Å². The van der Waals surface area contributed by atoms with E-state index in [-0.39, 0.29) is 53.0 Å². The fraction of sp³-hybridized carbons (Fsp3) is 0.174. The third-order valence-electron chi connectivity index (χ3n) is 11.3. The Morgan fingerprint density at radius 1 is 0.459 bits per heavy atom. The number of aliphatic carboxylic acids is 4. The van der Waals surface area contributed by atoms with Crippen molar-refractivity contribution in [3.63, 3.8) is 0 Å². The van der Waals surface area contributed by atoms with Crippen molar-refractivity contribution in [3.05, 3.63) is 131 Å². The minimum atomic E-state index is -4.03. The smallest absolute Gasteiger partial charge is 0.336 e. The van der Waals surface area contributed by atoms with Crippen LogP contribution in [0.3, 0.4) is 0 Å². The zero-order chi connectivity index (χ0) is 80.9. The number of rotatable bonds is 19. The van der Waals surface area contributed by atoms with Crippen LogP contribution in [0.1, 0.15) is 90.9 Å². The Kier molecular flexibility index (Phi) is 35.7. The van der Waals surface area contributed by atoms with Crippen LogP contribution in [0.5, 0.6) is 0 Å². The third kappa shape index (κ3) is 32.5. The molecule has 0 aliphatic rings. The summed E-state index contributed by atoms with van der Waals surface area (Å²) in [5.41, 5.74) is 9.92. The van der Waals surface area contributed by atoms with Crippen molar-refractivity contribution in [1.29, 1.82) is 0 Å². The van der Waals surface area contributed by atoms with Crippen molar-refractivity contribution in [2.45, 2.75) is 55.1 Å². The number of aromatic amines is 11. The Bertz CT molecular complexity index is 5140. The molecule has 0 aliphatic carbocycles. The lowest BCUT2D eigenvalue weighted by atomic mass is 10.1. The van der Waals surface area contributed by atoms with Gasteiger partial charge in [0.05, 0.1) is 48.1 Å². The van der Waals surface area contributed by atoms with Crippen molar-refractivity contribution in [2.24, 2.45) is 5.73 Å². The second kappa shape index (κ2) is 46.2. The van der Waals surface area contributed by atoms with E-state index < -0.39 is 82.5 Å². The molecule has 15 rings (SSSR count). The van der Waals surface area contributed by atoms with Gasteiger partial charge in [0.1, 0.15) is 74.9 Å². The molecule has 0 fully saturated rings. The van der Waals surface area contributed by atoms with Crippen molar-refractivity contribution >= 4 is 108 Å². The highest BCUT2D eigenvalue weighted by molar-refractivity contribution is 7.94. The summed E-state index contributed by atoms with van der Waals surface area (Å²) < 4.78 is 32.8. The van der Waals surface area contributed by atoms with Crippen LogP contribution >= 0.6 is 12.0 Å². The van der Waals surface area contributed by atoms with Crippen molar-refractivity contribution in [3.8, 4) is 0 Å². The van der Waals surface area contributed by atoms with Crippen LogP contribution < -0.4 is 5.73 Å².